The van der Waals surface area contributed by atoms with Crippen LogP contribution in [-0.4, -0.2) is 13.2 Å². The van der Waals surface area contributed by atoms with Gasteiger partial charge < -0.3 is 14.8 Å². The molecule has 0 aliphatic carbocycles. The Morgan fingerprint density at radius 3 is 2.52 bits per heavy atom. The summed E-state index contributed by atoms with van der Waals surface area (Å²) in [6.07, 6.45) is 1.08. The molecule has 2 aromatic carbocycles. The van der Waals surface area contributed by atoms with Crippen LogP contribution >= 0.6 is 27.5 Å². The second kappa shape index (κ2) is 10.00. The first-order valence-corrected chi connectivity index (χ1v) is 9.44. The van der Waals surface area contributed by atoms with Gasteiger partial charge in [-0.25, -0.2) is 4.39 Å². The minimum absolute atomic E-state index is 0.235. The summed E-state index contributed by atoms with van der Waals surface area (Å²) >= 11 is 9.64. The standard InChI is InChI=1S/C19H22BrClFNO2/c1-3-7-23-11-14-8-18(24-4-2)19(10-16(14)20)25-12-13-5-6-15(22)9-17(13)21/h5-6,8-10,23H,3-4,7,11-12H2,1-2H3. The summed E-state index contributed by atoms with van der Waals surface area (Å²) in [5, 5.41) is 3.72. The van der Waals surface area contributed by atoms with Crippen LogP contribution in [0.2, 0.25) is 5.02 Å². The van der Waals surface area contributed by atoms with Gasteiger partial charge in [0.05, 0.1) is 11.6 Å². The van der Waals surface area contributed by atoms with Crippen LogP contribution in [0.4, 0.5) is 4.39 Å². The Morgan fingerprint density at radius 1 is 1.08 bits per heavy atom. The number of benzene rings is 2. The second-order valence-electron chi connectivity index (χ2n) is 5.52. The number of hydrogen-bond acceptors (Lipinski definition) is 3. The first-order valence-electron chi connectivity index (χ1n) is 8.27. The molecular formula is C19H22BrClFNO2. The SMILES string of the molecule is CCCNCc1cc(OCC)c(OCc2ccc(F)cc2Cl)cc1Br. The maximum absolute atomic E-state index is 13.1. The lowest BCUT2D eigenvalue weighted by Gasteiger charge is -2.16. The molecule has 0 aromatic heterocycles. The zero-order chi connectivity index (χ0) is 18.2. The van der Waals surface area contributed by atoms with Crippen molar-refractivity contribution in [3.05, 3.63) is 56.8 Å². The zero-order valence-corrected chi connectivity index (χ0v) is 16.7. The van der Waals surface area contributed by atoms with Crippen LogP contribution in [0.25, 0.3) is 0 Å². The van der Waals surface area contributed by atoms with Gasteiger partial charge in [0, 0.05) is 16.6 Å². The summed E-state index contributed by atoms with van der Waals surface area (Å²) in [7, 11) is 0. The zero-order valence-electron chi connectivity index (χ0n) is 14.4. The number of ether oxygens (including phenoxy) is 2. The van der Waals surface area contributed by atoms with Crippen molar-refractivity contribution in [2.75, 3.05) is 13.2 Å². The van der Waals surface area contributed by atoms with Crippen molar-refractivity contribution in [1.29, 1.82) is 0 Å². The molecule has 0 unspecified atom stereocenters. The van der Waals surface area contributed by atoms with Gasteiger partial charge in [-0.05, 0) is 49.7 Å². The highest BCUT2D eigenvalue weighted by Gasteiger charge is 2.12. The fraction of sp³-hybridized carbons (Fsp3) is 0.368. The van der Waals surface area contributed by atoms with Crippen molar-refractivity contribution < 1.29 is 13.9 Å². The van der Waals surface area contributed by atoms with E-state index >= 15 is 0 Å². The number of hydrogen-bond donors (Lipinski definition) is 1. The molecule has 0 saturated heterocycles. The minimum Gasteiger partial charge on any atom is -0.490 e. The molecule has 0 spiro atoms. The Kier molecular flexibility index (Phi) is 8.00. The van der Waals surface area contributed by atoms with E-state index in [1.165, 1.54) is 12.1 Å². The molecule has 6 heteroatoms. The fourth-order valence-electron chi connectivity index (χ4n) is 2.29. The smallest absolute Gasteiger partial charge is 0.162 e. The van der Waals surface area contributed by atoms with E-state index in [1.807, 2.05) is 19.1 Å². The van der Waals surface area contributed by atoms with Crippen molar-refractivity contribution >= 4 is 27.5 Å². The Hall–Kier alpha value is -1.30. The van der Waals surface area contributed by atoms with Gasteiger partial charge in [-0.3, -0.25) is 0 Å². The van der Waals surface area contributed by atoms with E-state index in [-0.39, 0.29) is 12.4 Å². The summed E-state index contributed by atoms with van der Waals surface area (Å²) in [6, 6.07) is 8.13. The van der Waals surface area contributed by atoms with Gasteiger partial charge in [-0.1, -0.05) is 40.5 Å². The third-order valence-corrected chi connectivity index (χ3v) is 4.64. The summed E-state index contributed by atoms with van der Waals surface area (Å²) in [4.78, 5) is 0. The van der Waals surface area contributed by atoms with Crippen molar-refractivity contribution in [1.82, 2.24) is 5.32 Å². The molecule has 136 valence electrons. The summed E-state index contributed by atoms with van der Waals surface area (Å²) in [6.45, 7) is 6.54. The number of rotatable bonds is 9. The molecule has 0 aliphatic heterocycles. The third kappa shape index (κ3) is 5.87. The lowest BCUT2D eigenvalue weighted by molar-refractivity contribution is 0.269. The Bertz CT molecular complexity index is 712. The van der Waals surface area contributed by atoms with E-state index in [0.717, 1.165) is 35.1 Å². The van der Waals surface area contributed by atoms with Gasteiger partial charge in [-0.2, -0.15) is 0 Å². The predicted molar refractivity (Wildman–Crippen MR) is 103 cm³/mol. The lowest BCUT2D eigenvalue weighted by atomic mass is 10.2. The van der Waals surface area contributed by atoms with E-state index in [4.69, 9.17) is 21.1 Å². The summed E-state index contributed by atoms with van der Waals surface area (Å²) < 4.78 is 25.7. The van der Waals surface area contributed by atoms with Gasteiger partial charge >= 0.3 is 0 Å². The van der Waals surface area contributed by atoms with Gasteiger partial charge in [0.1, 0.15) is 12.4 Å². The molecule has 0 atom stereocenters. The van der Waals surface area contributed by atoms with Crippen LogP contribution in [0.1, 0.15) is 31.4 Å². The molecule has 0 amide bonds. The average molecular weight is 431 g/mol. The molecule has 2 rings (SSSR count). The van der Waals surface area contributed by atoms with Crippen LogP contribution < -0.4 is 14.8 Å². The molecule has 0 bridgehead atoms. The lowest BCUT2D eigenvalue weighted by Crippen LogP contribution is -2.14. The van der Waals surface area contributed by atoms with E-state index in [0.29, 0.717) is 23.1 Å². The molecule has 25 heavy (non-hydrogen) atoms. The minimum atomic E-state index is -0.365. The van der Waals surface area contributed by atoms with Crippen molar-refractivity contribution in [3.8, 4) is 11.5 Å². The maximum atomic E-state index is 13.1. The van der Waals surface area contributed by atoms with Gasteiger partial charge in [0.2, 0.25) is 0 Å². The van der Waals surface area contributed by atoms with E-state index < -0.39 is 0 Å². The van der Waals surface area contributed by atoms with Gasteiger partial charge in [0.15, 0.2) is 11.5 Å². The molecule has 0 heterocycles. The van der Waals surface area contributed by atoms with Crippen LogP contribution in [0.15, 0.2) is 34.8 Å². The Balaban J connectivity index is 2.16. The van der Waals surface area contributed by atoms with Gasteiger partial charge in [-0.15, -0.1) is 0 Å². The number of nitrogens with one attached hydrogen (secondary N) is 1. The van der Waals surface area contributed by atoms with E-state index in [1.54, 1.807) is 6.07 Å². The highest BCUT2D eigenvalue weighted by molar-refractivity contribution is 9.10. The third-order valence-electron chi connectivity index (χ3n) is 3.55. The molecule has 0 radical (unpaired) electrons. The van der Waals surface area contributed by atoms with Crippen LogP contribution in [0, 0.1) is 5.82 Å². The Labute approximate surface area is 161 Å². The van der Waals surface area contributed by atoms with E-state index in [9.17, 15) is 4.39 Å². The monoisotopic (exact) mass is 429 g/mol. The maximum Gasteiger partial charge on any atom is 0.162 e. The largest absolute Gasteiger partial charge is 0.490 e. The second-order valence-corrected chi connectivity index (χ2v) is 6.79. The van der Waals surface area contributed by atoms with Gasteiger partial charge in [0.25, 0.3) is 0 Å². The van der Waals surface area contributed by atoms with Crippen LogP contribution in [0.5, 0.6) is 11.5 Å². The molecule has 0 saturated carbocycles. The van der Waals surface area contributed by atoms with Crippen molar-refractivity contribution in [2.24, 2.45) is 0 Å². The molecule has 3 nitrogen and oxygen atoms in total. The van der Waals surface area contributed by atoms with E-state index in [2.05, 4.69) is 28.2 Å². The van der Waals surface area contributed by atoms with Crippen molar-refractivity contribution in [3.63, 3.8) is 0 Å². The molecule has 2 aromatic rings. The molecule has 0 fully saturated rings. The van der Waals surface area contributed by atoms with Crippen LogP contribution in [-0.2, 0) is 13.2 Å². The Morgan fingerprint density at radius 2 is 1.84 bits per heavy atom. The number of halogens is 3. The van der Waals surface area contributed by atoms with Crippen molar-refractivity contribution in [2.45, 2.75) is 33.4 Å². The first-order chi connectivity index (χ1) is 12.0. The predicted octanol–water partition coefficient (Wildman–Crippen LogP) is 5.72. The average Bonchev–Trinajstić information content (AvgIpc) is 2.57. The molecular weight excluding hydrogens is 409 g/mol. The topological polar surface area (TPSA) is 30.5 Å². The highest BCUT2D eigenvalue weighted by Crippen LogP contribution is 2.35. The fourth-order valence-corrected chi connectivity index (χ4v) is 2.97. The van der Waals surface area contributed by atoms with Crippen LogP contribution in [0.3, 0.4) is 0 Å². The highest BCUT2D eigenvalue weighted by atomic mass is 79.9. The molecule has 1 N–H and O–H groups in total. The quantitative estimate of drug-likeness (QED) is 0.516. The normalized spacial score (nSPS) is 10.8. The summed E-state index contributed by atoms with van der Waals surface area (Å²) in [5.74, 6) is 0.932. The summed E-state index contributed by atoms with van der Waals surface area (Å²) in [5.41, 5.74) is 1.82. The molecule has 0 aliphatic rings. The first kappa shape index (κ1) is 20.0.